The minimum atomic E-state index is -1.48. The number of imide groups is 1. The van der Waals surface area contributed by atoms with Gasteiger partial charge >= 0.3 is 5.97 Å². The van der Waals surface area contributed by atoms with Crippen LogP contribution in [-0.4, -0.2) is 101 Å². The van der Waals surface area contributed by atoms with Crippen LogP contribution in [0.15, 0.2) is 83.7 Å². The van der Waals surface area contributed by atoms with Crippen LogP contribution in [0.5, 0.6) is 0 Å². The fourth-order valence-corrected chi connectivity index (χ4v) is 9.11. The number of aromatic nitrogens is 2. The van der Waals surface area contributed by atoms with E-state index in [1.54, 1.807) is 66.1 Å². The number of aryl methyl sites for hydroxylation is 3. The number of carbonyl (C=O) groups excluding carboxylic acids is 8. The van der Waals surface area contributed by atoms with Crippen molar-refractivity contribution in [2.45, 2.75) is 84.6 Å². The molecule has 0 fully saturated rings. The zero-order valence-electron chi connectivity index (χ0n) is 41.8. The topological polar surface area (TPSA) is 274 Å². The smallest absolute Gasteiger partial charge is 0.340 e. The van der Waals surface area contributed by atoms with Crippen molar-refractivity contribution in [2.75, 3.05) is 38.4 Å². The van der Waals surface area contributed by atoms with E-state index < -0.39 is 66.0 Å². The number of pyridine rings is 2. The number of cyclic esters (lactones) is 1. The maximum Gasteiger partial charge on any atom is 0.340 e. The average molecular weight is 1030 g/mol. The van der Waals surface area contributed by atoms with Crippen molar-refractivity contribution in [1.29, 1.82) is 0 Å². The average Bonchev–Trinajstić information content (AvgIpc) is 3.97. The Bertz CT molecular complexity index is 3140. The Morgan fingerprint density at radius 1 is 0.800 bits per heavy atom. The predicted octanol–water partition coefficient (Wildman–Crippen LogP) is 2.32. The van der Waals surface area contributed by atoms with Crippen LogP contribution in [0.4, 0.5) is 10.1 Å². The van der Waals surface area contributed by atoms with E-state index >= 15 is 0 Å². The van der Waals surface area contributed by atoms with Gasteiger partial charge in [-0.2, -0.15) is 0 Å². The lowest BCUT2D eigenvalue weighted by molar-refractivity contribution is -0.157. The first-order valence-electron chi connectivity index (χ1n) is 24.4. The molecule has 6 N–H and O–H groups in total. The first-order valence-corrected chi connectivity index (χ1v) is 24.4. The van der Waals surface area contributed by atoms with Crippen LogP contribution in [-0.2, 0) is 86.7 Å². The van der Waals surface area contributed by atoms with E-state index in [-0.39, 0.29) is 56.2 Å². The van der Waals surface area contributed by atoms with Crippen molar-refractivity contribution in [1.82, 2.24) is 36.1 Å². The Hall–Kier alpha value is -8.43. The third-order valence-corrected chi connectivity index (χ3v) is 12.8. The summed E-state index contributed by atoms with van der Waals surface area (Å²) in [7, 11) is 1.41. The van der Waals surface area contributed by atoms with E-state index in [2.05, 4.69) is 26.6 Å². The third kappa shape index (κ3) is 12.5. The van der Waals surface area contributed by atoms with E-state index in [4.69, 9.17) is 14.5 Å². The molecule has 2 unspecified atom stereocenters. The summed E-state index contributed by atoms with van der Waals surface area (Å²) >= 11 is 0. The van der Waals surface area contributed by atoms with Gasteiger partial charge in [0.15, 0.2) is 6.10 Å². The van der Waals surface area contributed by atoms with Crippen molar-refractivity contribution in [2.24, 2.45) is 0 Å². The summed E-state index contributed by atoms with van der Waals surface area (Å²) < 4.78 is 25.8. The second kappa shape index (κ2) is 24.5. The number of methoxy groups -OCH3 is 1. The summed E-state index contributed by atoms with van der Waals surface area (Å²) in [5, 5.41) is 23.6. The number of esters is 1. The Balaban J connectivity index is 0.000000226. The summed E-state index contributed by atoms with van der Waals surface area (Å²) in [6, 6.07) is 17.7. The van der Waals surface area contributed by atoms with Crippen molar-refractivity contribution in [3.63, 3.8) is 0 Å². The number of rotatable bonds is 16. The van der Waals surface area contributed by atoms with E-state index in [1.807, 2.05) is 19.9 Å². The van der Waals surface area contributed by atoms with Gasteiger partial charge in [-0.3, -0.25) is 38.4 Å². The van der Waals surface area contributed by atoms with Crippen molar-refractivity contribution in [3.05, 3.63) is 140 Å². The molecule has 392 valence electrons. The molecule has 0 bridgehead atoms. The van der Waals surface area contributed by atoms with Crippen LogP contribution in [0, 0.1) is 12.7 Å². The molecule has 7 amide bonds. The van der Waals surface area contributed by atoms with Crippen molar-refractivity contribution >= 4 is 63.9 Å². The standard InChI is InChI=1S/C30H34N6O8.C22H17FN2O4.C2H6/c1-44-19-34-26(39)17-33-30(43)23(15-21-5-3-2-4-6-21)35-27(40)18-32-25(38)16-31-24(37)12-9-20-7-10-22(11-8-20)36-28(41)13-14-29(36)42;1-9-10-3-2-4-11-13-7-25-17(19(13)24-16(18(10)11)6-15(9)23)5-12-14(21(25)27)8-29-22(28)20(12)26;1-2/h2-8,10-11,13-14,23H,9,12,15-19H2,1H3,(H,31,37)(H,32,38)(H,33,43)(H,34,39)(H,35,40);5-6,20,26H,2-4,7-8H2,1H3;1-2H3. The molecule has 2 atom stereocenters. The molecule has 5 heterocycles. The van der Waals surface area contributed by atoms with Gasteiger partial charge in [0, 0.05) is 54.7 Å². The van der Waals surface area contributed by atoms with Crippen molar-refractivity contribution < 1.29 is 57.3 Å². The number of benzene rings is 3. The number of hydrogen-bond donors (Lipinski definition) is 6. The number of nitrogens with zero attached hydrogens (tertiary/aromatic N) is 3. The molecule has 20 nitrogen and oxygen atoms in total. The second-order valence-electron chi connectivity index (χ2n) is 17.6. The van der Waals surface area contributed by atoms with Crippen LogP contribution < -0.4 is 37.0 Å². The number of aliphatic hydroxyl groups excluding tert-OH is 1. The second-order valence-corrected chi connectivity index (χ2v) is 17.6. The molecule has 21 heteroatoms. The number of halogens is 1. The Kier molecular flexibility index (Phi) is 17.8. The van der Waals surface area contributed by atoms with Gasteiger partial charge in [-0.1, -0.05) is 56.3 Å². The molecule has 5 aromatic rings. The molecule has 0 saturated carbocycles. The Morgan fingerprint density at radius 3 is 2.16 bits per heavy atom. The van der Waals surface area contributed by atoms with E-state index in [1.165, 1.54) is 25.3 Å². The molecule has 0 saturated heterocycles. The number of aliphatic hydroxyl groups is 1. The van der Waals surface area contributed by atoms with Gasteiger partial charge in [0.25, 0.3) is 17.4 Å². The minimum Gasteiger partial charge on any atom is -0.458 e. The first-order chi connectivity index (χ1) is 36.1. The largest absolute Gasteiger partial charge is 0.458 e. The van der Waals surface area contributed by atoms with Gasteiger partial charge in [-0.05, 0) is 78.6 Å². The first kappa shape index (κ1) is 54.3. The van der Waals surface area contributed by atoms with Crippen LogP contribution >= 0.6 is 0 Å². The molecule has 1 aliphatic carbocycles. The van der Waals surface area contributed by atoms with Crippen LogP contribution in [0.1, 0.15) is 77.3 Å². The number of amides is 7. The highest BCUT2D eigenvalue weighted by Gasteiger charge is 2.36. The molecule has 0 radical (unpaired) electrons. The fourth-order valence-electron chi connectivity index (χ4n) is 9.11. The SMILES string of the molecule is CC.COCNC(=O)CNC(=O)C(Cc1ccccc1)NC(=O)CNC(=O)CNC(=O)CCc1ccc(N2C(=O)C=CC2=O)cc1.Cc1c(F)cc2nc3c(c4c2c1CCC4)Cn1c-3cc2c(c1=O)COC(=O)C2O. The number of carbonyl (C=O) groups is 8. The zero-order valence-corrected chi connectivity index (χ0v) is 41.8. The van der Waals surface area contributed by atoms with Crippen LogP contribution in [0.3, 0.4) is 0 Å². The number of hydrogen-bond acceptors (Lipinski definition) is 13. The van der Waals surface area contributed by atoms with Gasteiger partial charge in [0.05, 0.1) is 54.3 Å². The maximum absolute atomic E-state index is 14.5. The van der Waals surface area contributed by atoms with Gasteiger partial charge in [0.1, 0.15) is 25.2 Å². The van der Waals surface area contributed by atoms with Crippen LogP contribution in [0.2, 0.25) is 0 Å². The molecule has 75 heavy (non-hydrogen) atoms. The molecule has 0 spiro atoms. The van der Waals surface area contributed by atoms with Crippen molar-refractivity contribution in [3.8, 4) is 11.4 Å². The lowest BCUT2D eigenvalue weighted by Crippen LogP contribution is -2.52. The summed E-state index contributed by atoms with van der Waals surface area (Å²) in [6.45, 7) is 4.92. The lowest BCUT2D eigenvalue weighted by Gasteiger charge is -2.22. The highest BCUT2D eigenvalue weighted by molar-refractivity contribution is 6.28. The highest BCUT2D eigenvalue weighted by atomic mass is 19.1. The van der Waals surface area contributed by atoms with E-state index in [9.17, 15) is 52.6 Å². The molecule has 2 aromatic heterocycles. The van der Waals surface area contributed by atoms with E-state index in [0.717, 1.165) is 57.4 Å². The molecule has 4 aliphatic rings. The van der Waals surface area contributed by atoms with Gasteiger partial charge in [-0.25, -0.2) is 19.1 Å². The molecule has 3 aliphatic heterocycles. The van der Waals surface area contributed by atoms with Gasteiger partial charge < -0.3 is 45.7 Å². The fraction of sp³-hybridized carbons (Fsp3) is 0.333. The molecular formula is C54H57FN8O12. The Labute approximate surface area is 430 Å². The lowest BCUT2D eigenvalue weighted by atomic mass is 9.85. The summed E-state index contributed by atoms with van der Waals surface area (Å²) in [4.78, 5) is 116. The molecule has 3 aromatic carbocycles. The zero-order chi connectivity index (χ0) is 53.9. The molecular weight excluding hydrogens is 972 g/mol. The number of ether oxygens (including phenoxy) is 2. The van der Waals surface area contributed by atoms with E-state index in [0.29, 0.717) is 46.7 Å². The van der Waals surface area contributed by atoms with Crippen LogP contribution in [0.25, 0.3) is 22.3 Å². The number of nitrogens with one attached hydrogen (secondary N) is 5. The Morgan fingerprint density at radius 2 is 1.45 bits per heavy atom. The predicted molar refractivity (Wildman–Crippen MR) is 271 cm³/mol. The van der Waals surface area contributed by atoms with Gasteiger partial charge in [-0.15, -0.1) is 0 Å². The maximum atomic E-state index is 14.5. The minimum absolute atomic E-state index is 0.0157. The quantitative estimate of drug-likeness (QED) is 0.0462. The summed E-state index contributed by atoms with van der Waals surface area (Å²) in [6.07, 6.45) is 4.09. The number of fused-ring (bicyclic) bond motifs is 5. The molecule has 9 rings (SSSR count). The third-order valence-electron chi connectivity index (χ3n) is 12.8. The van der Waals surface area contributed by atoms with Gasteiger partial charge in [0.2, 0.25) is 29.5 Å². The monoisotopic (exact) mass is 1030 g/mol. The number of anilines is 1. The highest BCUT2D eigenvalue weighted by Crippen LogP contribution is 2.42. The normalized spacial score (nSPS) is 14.9. The summed E-state index contributed by atoms with van der Waals surface area (Å²) in [5.74, 6) is -4.56. The summed E-state index contributed by atoms with van der Waals surface area (Å²) in [5.41, 5.74) is 7.85.